The predicted octanol–water partition coefficient (Wildman–Crippen LogP) is 0.476. The van der Waals surface area contributed by atoms with Gasteiger partial charge in [-0.05, 0) is 42.3 Å². The van der Waals surface area contributed by atoms with E-state index in [0.717, 1.165) is 11.5 Å². The molecule has 1 aromatic heterocycles. The van der Waals surface area contributed by atoms with E-state index in [0.29, 0.717) is 25.9 Å². The molecule has 8 nitrogen and oxygen atoms in total. The van der Waals surface area contributed by atoms with Crippen molar-refractivity contribution in [2.24, 2.45) is 5.14 Å². The molecule has 0 radical (unpaired) electrons. The Hall–Kier alpha value is -1.84. The second-order valence-corrected chi connectivity index (χ2v) is 7.63. The number of para-hydroxylation sites is 1. The lowest BCUT2D eigenvalue weighted by atomic mass is 10.1. The average molecular weight is 336 g/mol. The second-order valence-electron chi connectivity index (χ2n) is 5.78. The van der Waals surface area contributed by atoms with Crippen LogP contribution in [-0.4, -0.2) is 51.9 Å². The van der Waals surface area contributed by atoms with Gasteiger partial charge in [-0.15, -0.1) is 5.10 Å². The second kappa shape index (κ2) is 6.34. The van der Waals surface area contributed by atoms with Gasteiger partial charge in [0.1, 0.15) is 0 Å². The van der Waals surface area contributed by atoms with Crippen LogP contribution < -0.4 is 5.14 Å². The summed E-state index contributed by atoms with van der Waals surface area (Å²) in [4.78, 5) is 2.19. The number of sulfonamides is 1. The first-order valence-electron chi connectivity index (χ1n) is 7.56. The van der Waals surface area contributed by atoms with Crippen LogP contribution in [0.2, 0.25) is 0 Å². The van der Waals surface area contributed by atoms with E-state index < -0.39 is 15.3 Å². The van der Waals surface area contributed by atoms with Crippen molar-refractivity contribution in [3.05, 3.63) is 36.2 Å². The molecule has 1 saturated heterocycles. The van der Waals surface area contributed by atoms with Crippen LogP contribution in [0.25, 0.3) is 5.69 Å². The molecule has 2 heterocycles. The number of piperidine rings is 1. The first-order chi connectivity index (χ1) is 11.0. The van der Waals surface area contributed by atoms with E-state index in [-0.39, 0.29) is 6.04 Å². The molecule has 0 amide bonds. The largest absolute Gasteiger partial charge is 0.293 e. The highest BCUT2D eigenvalue weighted by atomic mass is 32.2. The minimum atomic E-state index is -3.45. The third-order valence-electron chi connectivity index (χ3n) is 4.36. The quantitative estimate of drug-likeness (QED) is 0.870. The zero-order valence-corrected chi connectivity index (χ0v) is 13.7. The van der Waals surface area contributed by atoms with Gasteiger partial charge >= 0.3 is 0 Å². The molecular formula is C14H20N6O2S. The van der Waals surface area contributed by atoms with Crippen molar-refractivity contribution in [2.75, 3.05) is 13.1 Å². The molecule has 1 aromatic carbocycles. The lowest BCUT2D eigenvalue weighted by Gasteiger charge is -2.34. The van der Waals surface area contributed by atoms with E-state index in [1.165, 1.54) is 0 Å². The molecule has 9 heteroatoms. The van der Waals surface area contributed by atoms with Crippen LogP contribution in [0.5, 0.6) is 0 Å². The van der Waals surface area contributed by atoms with Crippen LogP contribution in [0, 0.1) is 0 Å². The van der Waals surface area contributed by atoms with Gasteiger partial charge in [0.25, 0.3) is 0 Å². The summed E-state index contributed by atoms with van der Waals surface area (Å²) < 4.78 is 24.6. The normalized spacial score (nSPS) is 18.9. The zero-order valence-electron chi connectivity index (χ0n) is 12.9. The van der Waals surface area contributed by atoms with Crippen LogP contribution in [0.4, 0.5) is 0 Å². The van der Waals surface area contributed by atoms with Gasteiger partial charge in [0, 0.05) is 13.1 Å². The SMILES string of the molecule is CC(c1nnnn1-c1ccccc1)N1CCC(S(N)(=O)=O)CC1. The van der Waals surface area contributed by atoms with E-state index in [1.807, 2.05) is 37.3 Å². The Morgan fingerprint density at radius 3 is 2.48 bits per heavy atom. The number of aromatic nitrogens is 4. The van der Waals surface area contributed by atoms with Crippen molar-refractivity contribution in [2.45, 2.75) is 31.1 Å². The summed E-state index contributed by atoms with van der Waals surface area (Å²) in [5.74, 6) is 0.741. The van der Waals surface area contributed by atoms with Crippen molar-refractivity contribution in [1.82, 2.24) is 25.1 Å². The molecule has 0 bridgehead atoms. The van der Waals surface area contributed by atoms with Gasteiger partial charge in [-0.1, -0.05) is 18.2 Å². The fraction of sp³-hybridized carbons (Fsp3) is 0.500. The van der Waals surface area contributed by atoms with Crippen LogP contribution in [0.1, 0.15) is 31.6 Å². The Kier molecular flexibility index (Phi) is 4.42. The van der Waals surface area contributed by atoms with E-state index in [4.69, 9.17) is 5.14 Å². The van der Waals surface area contributed by atoms with Crippen molar-refractivity contribution >= 4 is 10.0 Å². The average Bonchev–Trinajstić information content (AvgIpc) is 3.04. The first kappa shape index (κ1) is 16.0. The third-order valence-corrected chi connectivity index (χ3v) is 5.76. The molecule has 1 aliphatic heterocycles. The molecule has 0 aliphatic carbocycles. The zero-order chi connectivity index (χ0) is 16.4. The van der Waals surface area contributed by atoms with Gasteiger partial charge < -0.3 is 0 Å². The molecule has 1 atom stereocenters. The lowest BCUT2D eigenvalue weighted by Crippen LogP contribution is -2.43. The van der Waals surface area contributed by atoms with E-state index in [1.54, 1.807) is 4.68 Å². The maximum Gasteiger partial charge on any atom is 0.212 e. The summed E-state index contributed by atoms with van der Waals surface area (Å²) in [6, 6.07) is 9.69. The van der Waals surface area contributed by atoms with Crippen molar-refractivity contribution in [3.8, 4) is 5.69 Å². The molecule has 0 saturated carbocycles. The Labute approximate surface area is 135 Å². The van der Waals surface area contributed by atoms with Gasteiger partial charge in [-0.25, -0.2) is 13.6 Å². The first-order valence-corrected chi connectivity index (χ1v) is 9.17. The van der Waals surface area contributed by atoms with Crippen LogP contribution >= 0.6 is 0 Å². The lowest BCUT2D eigenvalue weighted by molar-refractivity contribution is 0.168. The minimum Gasteiger partial charge on any atom is -0.293 e. The summed E-state index contributed by atoms with van der Waals surface area (Å²) in [5, 5.41) is 16.8. The van der Waals surface area contributed by atoms with Gasteiger partial charge in [-0.3, -0.25) is 4.90 Å². The monoisotopic (exact) mass is 336 g/mol. The Morgan fingerprint density at radius 2 is 1.87 bits per heavy atom. The van der Waals surface area contributed by atoms with E-state index in [9.17, 15) is 8.42 Å². The Bertz CT molecular complexity index is 753. The number of likely N-dealkylation sites (tertiary alicyclic amines) is 1. The van der Waals surface area contributed by atoms with Crippen molar-refractivity contribution < 1.29 is 8.42 Å². The summed E-state index contributed by atoms with van der Waals surface area (Å²) in [7, 11) is -3.45. The van der Waals surface area contributed by atoms with Crippen LogP contribution in [0.15, 0.2) is 30.3 Å². The van der Waals surface area contributed by atoms with E-state index in [2.05, 4.69) is 20.4 Å². The number of nitrogens with two attached hydrogens (primary N) is 1. The fourth-order valence-electron chi connectivity index (χ4n) is 2.96. The summed E-state index contributed by atoms with van der Waals surface area (Å²) in [6.07, 6.45) is 1.08. The molecule has 3 rings (SSSR count). The molecule has 124 valence electrons. The smallest absolute Gasteiger partial charge is 0.212 e. The Morgan fingerprint density at radius 1 is 1.22 bits per heavy atom. The maximum absolute atomic E-state index is 11.5. The Balaban J connectivity index is 1.76. The molecule has 1 unspecified atom stereocenters. The summed E-state index contributed by atoms with van der Waals surface area (Å²) in [5.41, 5.74) is 0.902. The number of nitrogens with zero attached hydrogens (tertiary/aromatic N) is 5. The molecule has 1 aliphatic rings. The minimum absolute atomic E-state index is 0.00775. The summed E-state index contributed by atoms with van der Waals surface area (Å²) >= 11 is 0. The van der Waals surface area contributed by atoms with Crippen molar-refractivity contribution in [3.63, 3.8) is 0 Å². The number of rotatable bonds is 4. The number of primary sulfonamides is 1. The molecule has 2 aromatic rings. The number of benzene rings is 1. The van der Waals surface area contributed by atoms with Gasteiger partial charge in [0.05, 0.1) is 17.0 Å². The predicted molar refractivity (Wildman–Crippen MR) is 85.3 cm³/mol. The maximum atomic E-state index is 11.5. The number of hydrogen-bond donors (Lipinski definition) is 1. The highest BCUT2D eigenvalue weighted by Crippen LogP contribution is 2.25. The standard InChI is InChI=1S/C14H20N6O2S/c1-11(19-9-7-13(8-10-19)23(15,21)22)14-16-17-18-20(14)12-5-3-2-4-6-12/h2-6,11,13H,7-10H2,1H3,(H2,15,21,22). The van der Waals surface area contributed by atoms with Crippen LogP contribution in [0.3, 0.4) is 0 Å². The fourth-order valence-corrected chi connectivity index (χ4v) is 3.83. The van der Waals surface area contributed by atoms with Crippen molar-refractivity contribution in [1.29, 1.82) is 0 Å². The van der Waals surface area contributed by atoms with Gasteiger partial charge in [0.2, 0.25) is 10.0 Å². The third kappa shape index (κ3) is 3.41. The molecular weight excluding hydrogens is 316 g/mol. The molecule has 23 heavy (non-hydrogen) atoms. The van der Waals surface area contributed by atoms with E-state index >= 15 is 0 Å². The van der Waals surface area contributed by atoms with Gasteiger partial charge in [0.15, 0.2) is 5.82 Å². The topological polar surface area (TPSA) is 107 Å². The molecule has 0 spiro atoms. The highest BCUT2D eigenvalue weighted by molar-refractivity contribution is 7.89. The molecule has 2 N–H and O–H groups in total. The number of tetrazole rings is 1. The van der Waals surface area contributed by atoms with Crippen LogP contribution in [-0.2, 0) is 10.0 Å². The molecule has 1 fully saturated rings. The summed E-state index contributed by atoms with van der Waals surface area (Å²) in [6.45, 7) is 3.34. The van der Waals surface area contributed by atoms with Gasteiger partial charge in [-0.2, -0.15) is 4.68 Å². The number of hydrogen-bond acceptors (Lipinski definition) is 6. The highest BCUT2D eigenvalue weighted by Gasteiger charge is 2.31.